The van der Waals surface area contributed by atoms with E-state index in [1.807, 2.05) is 19.1 Å². The monoisotopic (exact) mass is 402 g/mol. The van der Waals surface area contributed by atoms with Crippen LogP contribution in [-0.4, -0.2) is 19.2 Å². The molecule has 3 nitrogen and oxygen atoms in total. The molecule has 0 bridgehead atoms. The van der Waals surface area contributed by atoms with Crippen molar-refractivity contribution in [2.24, 2.45) is 11.8 Å². The summed E-state index contributed by atoms with van der Waals surface area (Å²) in [5.74, 6) is 2.47. The van der Waals surface area contributed by atoms with Gasteiger partial charge in [-0.05, 0) is 55.4 Å². The van der Waals surface area contributed by atoms with Gasteiger partial charge in [0, 0.05) is 0 Å². The van der Waals surface area contributed by atoms with Gasteiger partial charge in [-0.15, -0.1) is 0 Å². The second-order valence-corrected chi connectivity index (χ2v) is 8.74. The van der Waals surface area contributed by atoms with Gasteiger partial charge < -0.3 is 9.47 Å². The maximum absolute atomic E-state index is 11.8. The van der Waals surface area contributed by atoms with Gasteiger partial charge in [0.1, 0.15) is 5.75 Å². The molecule has 29 heavy (non-hydrogen) atoms. The Balaban J connectivity index is 1.53. The van der Waals surface area contributed by atoms with Crippen LogP contribution in [0.3, 0.4) is 0 Å². The lowest BCUT2D eigenvalue weighted by atomic mass is 9.78. The average molecular weight is 403 g/mol. The van der Waals surface area contributed by atoms with Crippen LogP contribution in [0.25, 0.3) is 0 Å². The first-order valence-electron chi connectivity index (χ1n) is 12.1. The Hall–Kier alpha value is -1.51. The second kappa shape index (κ2) is 14.5. The van der Waals surface area contributed by atoms with Crippen LogP contribution < -0.4 is 4.74 Å². The topological polar surface area (TPSA) is 35.5 Å². The summed E-state index contributed by atoms with van der Waals surface area (Å²) in [5, 5.41) is 0. The number of esters is 1. The molecule has 1 aliphatic rings. The van der Waals surface area contributed by atoms with Crippen LogP contribution in [0.1, 0.15) is 108 Å². The Labute approximate surface area is 178 Å². The zero-order valence-electron chi connectivity index (χ0n) is 18.8. The zero-order chi connectivity index (χ0) is 20.7. The lowest BCUT2D eigenvalue weighted by Gasteiger charge is -2.28. The highest BCUT2D eigenvalue weighted by atomic mass is 16.5. The molecule has 0 heterocycles. The molecule has 1 fully saturated rings. The van der Waals surface area contributed by atoms with Crippen molar-refractivity contribution in [2.45, 2.75) is 97.3 Å². The van der Waals surface area contributed by atoms with Crippen molar-refractivity contribution in [3.8, 4) is 5.75 Å². The molecular weight excluding hydrogens is 360 g/mol. The Morgan fingerprint density at radius 2 is 1.41 bits per heavy atom. The maximum Gasteiger partial charge on any atom is 0.338 e. The number of benzene rings is 1. The largest absolute Gasteiger partial charge is 0.494 e. The molecule has 0 aliphatic heterocycles. The van der Waals surface area contributed by atoms with Gasteiger partial charge in [-0.25, -0.2) is 4.79 Å². The smallest absolute Gasteiger partial charge is 0.338 e. The maximum atomic E-state index is 11.8. The number of rotatable bonds is 14. The number of carbonyl (C=O) groups is 1. The van der Waals surface area contributed by atoms with Crippen LogP contribution in [0.2, 0.25) is 0 Å². The predicted octanol–water partition coefficient (Wildman–Crippen LogP) is 7.58. The molecule has 1 aromatic carbocycles. The van der Waals surface area contributed by atoms with E-state index in [1.54, 1.807) is 12.1 Å². The third-order valence-electron chi connectivity index (χ3n) is 6.23. The predicted molar refractivity (Wildman–Crippen MR) is 121 cm³/mol. The minimum absolute atomic E-state index is 0.255. The van der Waals surface area contributed by atoms with Gasteiger partial charge in [0.15, 0.2) is 0 Å². The summed E-state index contributed by atoms with van der Waals surface area (Å²) in [7, 11) is 0. The Kier molecular flexibility index (Phi) is 11.9. The molecule has 0 N–H and O–H groups in total. The molecule has 0 unspecified atom stereocenters. The molecule has 0 saturated heterocycles. The molecule has 164 valence electrons. The normalized spacial score (nSPS) is 19.1. The molecule has 0 amide bonds. The number of hydrogen-bond acceptors (Lipinski definition) is 3. The van der Waals surface area contributed by atoms with Crippen molar-refractivity contribution >= 4 is 5.97 Å². The Bertz CT molecular complexity index is 544. The number of unbranched alkanes of at least 4 members (excludes halogenated alkanes) is 4. The van der Waals surface area contributed by atoms with Gasteiger partial charge in [0.2, 0.25) is 0 Å². The van der Waals surface area contributed by atoms with Crippen molar-refractivity contribution in [3.63, 3.8) is 0 Å². The van der Waals surface area contributed by atoms with Gasteiger partial charge in [-0.1, -0.05) is 78.1 Å². The second-order valence-electron chi connectivity index (χ2n) is 8.74. The van der Waals surface area contributed by atoms with Crippen LogP contribution in [0.4, 0.5) is 0 Å². The molecule has 0 aromatic heterocycles. The van der Waals surface area contributed by atoms with E-state index in [-0.39, 0.29) is 5.97 Å². The van der Waals surface area contributed by atoms with E-state index in [4.69, 9.17) is 9.47 Å². The third-order valence-corrected chi connectivity index (χ3v) is 6.23. The summed E-state index contributed by atoms with van der Waals surface area (Å²) in [6.07, 6.45) is 17.5. The Morgan fingerprint density at radius 3 is 2.03 bits per heavy atom. The Morgan fingerprint density at radius 1 is 0.793 bits per heavy atom. The fourth-order valence-corrected chi connectivity index (χ4v) is 4.37. The summed E-state index contributed by atoms with van der Waals surface area (Å²) in [6, 6.07) is 7.32. The molecule has 1 aliphatic carbocycles. The SMILES string of the molecule is CCCCCCCC1CCC(CCCOc2ccc(C(=O)OCCC)cc2)CC1. The molecule has 0 atom stereocenters. The van der Waals surface area contributed by atoms with Crippen LogP contribution in [0, 0.1) is 11.8 Å². The van der Waals surface area contributed by atoms with Crippen molar-refractivity contribution in [1.29, 1.82) is 0 Å². The van der Waals surface area contributed by atoms with Crippen molar-refractivity contribution < 1.29 is 14.3 Å². The van der Waals surface area contributed by atoms with E-state index < -0.39 is 0 Å². The van der Waals surface area contributed by atoms with Crippen LogP contribution in [-0.2, 0) is 4.74 Å². The zero-order valence-corrected chi connectivity index (χ0v) is 18.8. The van der Waals surface area contributed by atoms with Gasteiger partial charge in [-0.2, -0.15) is 0 Å². The van der Waals surface area contributed by atoms with Gasteiger partial charge in [0.05, 0.1) is 18.8 Å². The van der Waals surface area contributed by atoms with Crippen LogP contribution >= 0.6 is 0 Å². The van der Waals surface area contributed by atoms with Crippen LogP contribution in [0.15, 0.2) is 24.3 Å². The van der Waals surface area contributed by atoms with Crippen molar-refractivity contribution in [1.82, 2.24) is 0 Å². The summed E-state index contributed by atoms with van der Waals surface area (Å²) in [4.78, 5) is 11.8. The van der Waals surface area contributed by atoms with E-state index in [1.165, 1.54) is 70.6 Å². The molecular formula is C26H42O3. The van der Waals surface area contributed by atoms with E-state index in [0.717, 1.165) is 37.0 Å². The standard InChI is InChI=1S/C26H42O3/c1-3-5-6-7-8-10-22-12-14-23(15-13-22)11-9-21-28-25-18-16-24(17-19-25)26(27)29-20-4-2/h16-19,22-23H,3-15,20-21H2,1-2H3. The summed E-state index contributed by atoms with van der Waals surface area (Å²) in [5.41, 5.74) is 0.591. The number of hydrogen-bond donors (Lipinski definition) is 0. The molecule has 3 heteroatoms. The molecule has 2 rings (SSSR count). The average Bonchev–Trinajstić information content (AvgIpc) is 2.76. The van der Waals surface area contributed by atoms with Gasteiger partial charge in [0.25, 0.3) is 0 Å². The molecule has 0 spiro atoms. The van der Waals surface area contributed by atoms with E-state index in [9.17, 15) is 4.79 Å². The molecule has 1 saturated carbocycles. The lowest BCUT2D eigenvalue weighted by molar-refractivity contribution is 0.0505. The number of carbonyl (C=O) groups excluding carboxylic acids is 1. The lowest BCUT2D eigenvalue weighted by Crippen LogP contribution is -2.15. The summed E-state index contributed by atoms with van der Waals surface area (Å²) in [6.45, 7) is 5.51. The van der Waals surface area contributed by atoms with E-state index in [2.05, 4.69) is 6.92 Å². The van der Waals surface area contributed by atoms with Gasteiger partial charge in [-0.3, -0.25) is 0 Å². The third kappa shape index (κ3) is 9.69. The first-order chi connectivity index (χ1) is 14.2. The minimum Gasteiger partial charge on any atom is -0.494 e. The summed E-state index contributed by atoms with van der Waals surface area (Å²) < 4.78 is 11.0. The highest BCUT2D eigenvalue weighted by Crippen LogP contribution is 2.34. The van der Waals surface area contributed by atoms with E-state index in [0.29, 0.717) is 12.2 Å². The fraction of sp³-hybridized carbons (Fsp3) is 0.731. The first kappa shape index (κ1) is 23.8. The number of ether oxygens (including phenoxy) is 2. The summed E-state index contributed by atoms with van der Waals surface area (Å²) >= 11 is 0. The first-order valence-corrected chi connectivity index (χ1v) is 12.1. The van der Waals surface area contributed by atoms with Crippen molar-refractivity contribution in [3.05, 3.63) is 29.8 Å². The quantitative estimate of drug-likeness (QED) is 0.238. The molecule has 0 radical (unpaired) electrons. The highest BCUT2D eigenvalue weighted by molar-refractivity contribution is 5.89. The fourth-order valence-electron chi connectivity index (χ4n) is 4.37. The van der Waals surface area contributed by atoms with Crippen molar-refractivity contribution in [2.75, 3.05) is 13.2 Å². The molecule has 1 aromatic rings. The minimum atomic E-state index is -0.255. The van der Waals surface area contributed by atoms with Gasteiger partial charge >= 0.3 is 5.97 Å². The highest BCUT2D eigenvalue weighted by Gasteiger charge is 2.20. The van der Waals surface area contributed by atoms with Crippen LogP contribution in [0.5, 0.6) is 5.75 Å². The van der Waals surface area contributed by atoms with E-state index >= 15 is 0 Å².